The molecule has 8 nitrogen and oxygen atoms in total. The maximum absolute atomic E-state index is 12.6. The second kappa shape index (κ2) is 11.6. The summed E-state index contributed by atoms with van der Waals surface area (Å²) in [5, 5.41) is 8.03. The van der Waals surface area contributed by atoms with Crippen molar-refractivity contribution in [1.82, 2.24) is 5.32 Å². The van der Waals surface area contributed by atoms with E-state index in [1.807, 2.05) is 6.07 Å². The first-order valence-electron chi connectivity index (χ1n) is 10.3. The van der Waals surface area contributed by atoms with Gasteiger partial charge in [-0.2, -0.15) is 0 Å². The molecule has 0 aliphatic rings. The molecular weight excluding hydrogens is 458 g/mol. The van der Waals surface area contributed by atoms with E-state index in [-0.39, 0.29) is 21.8 Å². The van der Waals surface area contributed by atoms with Gasteiger partial charge in [-0.1, -0.05) is 54.1 Å². The van der Waals surface area contributed by atoms with Crippen molar-refractivity contribution in [3.63, 3.8) is 0 Å². The fourth-order valence-corrected chi connectivity index (χ4v) is 3.16. The summed E-state index contributed by atoms with van der Waals surface area (Å²) in [4.78, 5) is 49.4. The van der Waals surface area contributed by atoms with Crippen LogP contribution in [0.2, 0.25) is 5.02 Å². The number of rotatable bonds is 8. The summed E-state index contributed by atoms with van der Waals surface area (Å²) in [6.07, 6.45) is 0. The van der Waals surface area contributed by atoms with Crippen molar-refractivity contribution in [3.05, 3.63) is 95.0 Å². The number of benzene rings is 3. The number of hydrogen-bond donors (Lipinski definition) is 3. The molecule has 0 aromatic heterocycles. The number of carbonyl (C=O) groups is 4. The zero-order chi connectivity index (χ0) is 24.5. The minimum atomic E-state index is -1.01. The fourth-order valence-electron chi connectivity index (χ4n) is 2.94. The molecule has 0 saturated carbocycles. The van der Waals surface area contributed by atoms with Gasteiger partial charge in [-0.05, 0) is 43.3 Å². The Balaban J connectivity index is 1.54. The first-order chi connectivity index (χ1) is 16.3. The molecule has 9 heteroatoms. The molecule has 0 aliphatic heterocycles. The Labute approximate surface area is 201 Å². The van der Waals surface area contributed by atoms with Crippen molar-refractivity contribution in [2.24, 2.45) is 0 Å². The van der Waals surface area contributed by atoms with E-state index in [1.165, 1.54) is 13.0 Å². The number of halogens is 1. The van der Waals surface area contributed by atoms with Crippen LogP contribution in [0.1, 0.15) is 27.6 Å². The molecule has 0 unspecified atom stereocenters. The van der Waals surface area contributed by atoms with Crippen molar-refractivity contribution >= 4 is 46.7 Å². The summed E-state index contributed by atoms with van der Waals surface area (Å²) in [7, 11) is 0. The third-order valence-electron chi connectivity index (χ3n) is 4.64. The van der Waals surface area contributed by atoms with Crippen LogP contribution in [-0.4, -0.2) is 36.3 Å². The summed E-state index contributed by atoms with van der Waals surface area (Å²) in [6.45, 7) is 0.831. The number of anilines is 2. The summed E-state index contributed by atoms with van der Waals surface area (Å²) in [5.74, 6) is -2.39. The van der Waals surface area contributed by atoms with Gasteiger partial charge < -0.3 is 20.7 Å². The molecule has 1 atom stereocenters. The number of para-hydroxylation sites is 2. The lowest BCUT2D eigenvalue weighted by Gasteiger charge is -2.15. The number of esters is 1. The molecule has 0 aliphatic carbocycles. The van der Waals surface area contributed by atoms with Crippen molar-refractivity contribution in [3.8, 4) is 0 Å². The molecule has 34 heavy (non-hydrogen) atoms. The van der Waals surface area contributed by atoms with Gasteiger partial charge in [0.15, 0.2) is 6.61 Å². The highest BCUT2D eigenvalue weighted by molar-refractivity contribution is 6.33. The molecule has 0 fully saturated rings. The molecule has 0 spiro atoms. The van der Waals surface area contributed by atoms with Crippen LogP contribution in [0.3, 0.4) is 0 Å². The highest BCUT2D eigenvalue weighted by Crippen LogP contribution is 2.18. The Morgan fingerprint density at radius 1 is 0.794 bits per heavy atom. The highest BCUT2D eigenvalue weighted by atomic mass is 35.5. The maximum Gasteiger partial charge on any atom is 0.328 e. The lowest BCUT2D eigenvalue weighted by Crippen LogP contribution is -2.40. The van der Waals surface area contributed by atoms with Crippen LogP contribution in [0.5, 0.6) is 0 Å². The first kappa shape index (κ1) is 24.5. The van der Waals surface area contributed by atoms with Crippen molar-refractivity contribution in [2.45, 2.75) is 13.0 Å². The predicted molar refractivity (Wildman–Crippen MR) is 129 cm³/mol. The van der Waals surface area contributed by atoms with Gasteiger partial charge in [-0.15, -0.1) is 0 Å². The van der Waals surface area contributed by atoms with E-state index < -0.39 is 36.3 Å². The third-order valence-corrected chi connectivity index (χ3v) is 4.97. The maximum atomic E-state index is 12.6. The molecule has 3 aromatic rings. The largest absolute Gasteiger partial charge is 0.454 e. The predicted octanol–water partition coefficient (Wildman–Crippen LogP) is 3.89. The minimum absolute atomic E-state index is 0.215. The second-order valence-electron chi connectivity index (χ2n) is 7.20. The van der Waals surface area contributed by atoms with E-state index in [0.29, 0.717) is 5.69 Å². The van der Waals surface area contributed by atoms with Gasteiger partial charge in [0.2, 0.25) is 0 Å². The van der Waals surface area contributed by atoms with Crippen molar-refractivity contribution in [1.29, 1.82) is 0 Å². The number of carbonyl (C=O) groups excluding carboxylic acids is 4. The molecule has 174 valence electrons. The number of hydrogen-bond acceptors (Lipinski definition) is 5. The molecule has 3 N–H and O–H groups in total. The van der Waals surface area contributed by atoms with E-state index >= 15 is 0 Å². The average molecular weight is 480 g/mol. The Morgan fingerprint density at radius 2 is 1.41 bits per heavy atom. The molecule has 0 bridgehead atoms. The average Bonchev–Trinajstić information content (AvgIpc) is 2.83. The van der Waals surface area contributed by atoms with Crippen LogP contribution in [0.15, 0.2) is 78.9 Å². The molecule has 0 heterocycles. The van der Waals surface area contributed by atoms with Gasteiger partial charge in [-0.3, -0.25) is 14.4 Å². The van der Waals surface area contributed by atoms with Crippen LogP contribution in [0.25, 0.3) is 0 Å². The Hall–Kier alpha value is -4.17. The van der Waals surface area contributed by atoms with E-state index in [0.717, 1.165) is 0 Å². The van der Waals surface area contributed by atoms with Crippen LogP contribution in [-0.2, 0) is 14.3 Å². The third kappa shape index (κ3) is 6.66. The summed E-state index contributed by atoms with van der Waals surface area (Å²) >= 11 is 5.98. The van der Waals surface area contributed by atoms with E-state index in [1.54, 1.807) is 66.7 Å². The molecule has 3 aromatic carbocycles. The van der Waals surface area contributed by atoms with Crippen LogP contribution >= 0.6 is 11.6 Å². The molecule has 3 rings (SSSR count). The zero-order valence-corrected chi connectivity index (χ0v) is 19.0. The minimum Gasteiger partial charge on any atom is -0.454 e. The van der Waals surface area contributed by atoms with Gasteiger partial charge in [0.25, 0.3) is 17.7 Å². The Bertz CT molecular complexity index is 1200. The van der Waals surface area contributed by atoms with Gasteiger partial charge >= 0.3 is 5.97 Å². The second-order valence-corrected chi connectivity index (χ2v) is 7.60. The highest BCUT2D eigenvalue weighted by Gasteiger charge is 2.21. The number of amides is 3. The summed E-state index contributed by atoms with van der Waals surface area (Å²) < 4.78 is 5.00. The molecule has 0 saturated heterocycles. The van der Waals surface area contributed by atoms with Gasteiger partial charge in [0, 0.05) is 5.69 Å². The monoisotopic (exact) mass is 479 g/mol. The van der Waals surface area contributed by atoms with Gasteiger partial charge in [-0.25, -0.2) is 4.79 Å². The van der Waals surface area contributed by atoms with E-state index in [2.05, 4.69) is 16.0 Å². The summed E-state index contributed by atoms with van der Waals surface area (Å²) in [5.41, 5.74) is 1.32. The summed E-state index contributed by atoms with van der Waals surface area (Å²) in [6, 6.07) is 20.7. The fraction of sp³-hybridized carbons (Fsp3) is 0.120. The van der Waals surface area contributed by atoms with E-state index in [4.69, 9.17) is 16.3 Å². The van der Waals surface area contributed by atoms with E-state index in [9.17, 15) is 19.2 Å². The number of nitrogens with one attached hydrogen (secondary N) is 3. The van der Waals surface area contributed by atoms with Crippen molar-refractivity contribution < 1.29 is 23.9 Å². The first-order valence-corrected chi connectivity index (χ1v) is 10.7. The molecule has 3 amide bonds. The van der Waals surface area contributed by atoms with Crippen molar-refractivity contribution in [2.75, 3.05) is 17.2 Å². The zero-order valence-electron chi connectivity index (χ0n) is 18.2. The lowest BCUT2D eigenvalue weighted by molar-refractivity contribution is -0.148. The quantitative estimate of drug-likeness (QED) is 0.424. The van der Waals surface area contributed by atoms with Gasteiger partial charge in [0.1, 0.15) is 6.04 Å². The SMILES string of the molecule is C[C@H](NC(=O)c1ccccc1Cl)C(=O)OCC(=O)Nc1ccccc1C(=O)Nc1ccccc1. The topological polar surface area (TPSA) is 114 Å². The normalized spacial score (nSPS) is 11.1. The smallest absolute Gasteiger partial charge is 0.328 e. The lowest BCUT2D eigenvalue weighted by atomic mass is 10.1. The Kier molecular flexibility index (Phi) is 8.37. The Morgan fingerprint density at radius 3 is 2.12 bits per heavy atom. The molecular formula is C25H22ClN3O5. The number of ether oxygens (including phenoxy) is 1. The standard InChI is InChI=1S/C25H22ClN3O5/c1-16(27-23(31)18-11-5-7-13-20(18)26)25(33)34-15-22(30)29-21-14-8-6-12-19(21)24(32)28-17-9-3-2-4-10-17/h2-14,16H,15H2,1H3,(H,27,31)(H,28,32)(H,29,30)/t16-/m0/s1. The molecule has 0 radical (unpaired) electrons. The van der Waals surface area contributed by atoms with Gasteiger partial charge in [0.05, 0.1) is 21.8 Å². The van der Waals surface area contributed by atoms with Crippen LogP contribution in [0.4, 0.5) is 11.4 Å². The van der Waals surface area contributed by atoms with Crippen LogP contribution < -0.4 is 16.0 Å². The van der Waals surface area contributed by atoms with Crippen LogP contribution in [0, 0.1) is 0 Å².